The molecule has 1 fully saturated rings. The van der Waals surface area contributed by atoms with Crippen molar-refractivity contribution in [2.24, 2.45) is 5.92 Å². The fourth-order valence-electron chi connectivity index (χ4n) is 2.93. The van der Waals surface area contributed by atoms with Crippen LogP contribution in [0.1, 0.15) is 38.5 Å². The van der Waals surface area contributed by atoms with Crippen molar-refractivity contribution < 1.29 is 23.9 Å². The third-order valence-electron chi connectivity index (χ3n) is 4.19. The van der Waals surface area contributed by atoms with Crippen LogP contribution in [0.4, 0.5) is 4.79 Å². The van der Waals surface area contributed by atoms with Crippen molar-refractivity contribution in [3.8, 4) is 5.75 Å². The van der Waals surface area contributed by atoms with E-state index in [9.17, 15) is 14.4 Å². The molecule has 1 atom stereocenters. The van der Waals surface area contributed by atoms with Gasteiger partial charge in [-0.15, -0.1) is 0 Å². The molecule has 1 aliphatic rings. The number of benzene rings is 1. The molecule has 1 N–H and O–H groups in total. The highest BCUT2D eigenvalue weighted by Crippen LogP contribution is 2.26. The third kappa shape index (κ3) is 5.37. The van der Waals surface area contributed by atoms with Gasteiger partial charge in [0.15, 0.2) is 11.8 Å². The predicted octanol–water partition coefficient (Wildman–Crippen LogP) is 2.86. The first-order chi connectivity index (χ1) is 11.6. The lowest BCUT2D eigenvalue weighted by molar-refractivity contribution is -0.146. The van der Waals surface area contributed by atoms with Crippen LogP contribution in [0.25, 0.3) is 0 Å². The molecule has 6 nitrogen and oxygen atoms in total. The number of hydrogen-bond acceptors (Lipinski definition) is 5. The van der Waals surface area contributed by atoms with Crippen LogP contribution in [0.15, 0.2) is 30.3 Å². The number of carbonyl (C=O) groups is 3. The van der Waals surface area contributed by atoms with Crippen molar-refractivity contribution in [2.75, 3.05) is 7.11 Å². The molecule has 1 aromatic carbocycles. The summed E-state index contributed by atoms with van der Waals surface area (Å²) in [6, 6.07) is 7.11. The fourth-order valence-corrected chi connectivity index (χ4v) is 2.93. The number of rotatable bonds is 6. The lowest BCUT2D eigenvalue weighted by Gasteiger charge is -2.23. The monoisotopic (exact) mass is 333 g/mol. The van der Waals surface area contributed by atoms with Gasteiger partial charge >= 0.3 is 12.1 Å². The van der Waals surface area contributed by atoms with Crippen LogP contribution in [-0.2, 0) is 14.3 Å². The Bertz CT molecular complexity index is 566. The van der Waals surface area contributed by atoms with Crippen molar-refractivity contribution in [3.05, 3.63) is 30.3 Å². The Labute approximate surface area is 141 Å². The number of esters is 1. The maximum absolute atomic E-state index is 12.4. The minimum Gasteiger partial charge on any atom is -0.467 e. The molecule has 0 bridgehead atoms. The second kappa shape index (κ2) is 9.05. The zero-order valence-corrected chi connectivity index (χ0v) is 13.8. The van der Waals surface area contributed by atoms with Gasteiger partial charge in [0.1, 0.15) is 5.75 Å². The van der Waals surface area contributed by atoms with Crippen LogP contribution in [0.5, 0.6) is 5.75 Å². The number of amides is 1. The van der Waals surface area contributed by atoms with E-state index in [0.29, 0.717) is 5.75 Å². The van der Waals surface area contributed by atoms with Crippen LogP contribution in [0.3, 0.4) is 0 Å². The molecule has 24 heavy (non-hydrogen) atoms. The summed E-state index contributed by atoms with van der Waals surface area (Å²) in [6.07, 6.45) is 4.77. The lowest BCUT2D eigenvalue weighted by atomic mass is 9.85. The smallest absolute Gasteiger partial charge is 0.413 e. The average Bonchev–Trinajstić information content (AvgIpc) is 2.60. The Morgan fingerprint density at radius 2 is 1.79 bits per heavy atom. The van der Waals surface area contributed by atoms with Gasteiger partial charge in [-0.25, -0.2) is 9.59 Å². The van der Waals surface area contributed by atoms with Gasteiger partial charge in [-0.2, -0.15) is 0 Å². The van der Waals surface area contributed by atoms with E-state index in [0.717, 1.165) is 25.7 Å². The fraction of sp³-hybridized carbons (Fsp3) is 0.500. The Morgan fingerprint density at radius 1 is 1.12 bits per heavy atom. The third-order valence-corrected chi connectivity index (χ3v) is 4.19. The molecule has 1 aromatic rings. The minimum atomic E-state index is -1.33. The van der Waals surface area contributed by atoms with E-state index in [-0.39, 0.29) is 18.1 Å². The lowest BCUT2D eigenvalue weighted by Crippen LogP contribution is -2.48. The number of methoxy groups -OCH3 is 1. The second-order valence-corrected chi connectivity index (χ2v) is 5.98. The standard InChI is InChI=1S/C18H23NO5/c1-23-17(21)16(15(20)12-13-8-4-2-5-9-13)19-18(22)24-14-10-6-3-7-11-14/h3,6-7,10-11,13,16H,2,4-5,8-9,12H2,1H3,(H,19,22). The topological polar surface area (TPSA) is 81.7 Å². The van der Waals surface area contributed by atoms with Gasteiger partial charge in [0.2, 0.25) is 0 Å². The quantitative estimate of drug-likeness (QED) is 0.639. The van der Waals surface area contributed by atoms with E-state index in [4.69, 9.17) is 4.74 Å². The molecular formula is C18H23NO5. The van der Waals surface area contributed by atoms with Crippen molar-refractivity contribution in [1.82, 2.24) is 5.32 Å². The van der Waals surface area contributed by atoms with E-state index < -0.39 is 18.1 Å². The first-order valence-corrected chi connectivity index (χ1v) is 8.24. The molecule has 130 valence electrons. The van der Waals surface area contributed by atoms with Gasteiger partial charge < -0.3 is 14.8 Å². The van der Waals surface area contributed by atoms with Gasteiger partial charge in [-0.3, -0.25) is 4.79 Å². The number of nitrogens with one attached hydrogen (secondary N) is 1. The summed E-state index contributed by atoms with van der Waals surface area (Å²) in [6.45, 7) is 0. The number of para-hydroxylation sites is 1. The van der Waals surface area contributed by atoms with Gasteiger partial charge in [-0.1, -0.05) is 50.3 Å². The average molecular weight is 333 g/mol. The molecule has 2 rings (SSSR count). The summed E-state index contributed by atoms with van der Waals surface area (Å²) < 4.78 is 9.71. The molecule has 0 heterocycles. The molecule has 0 aliphatic heterocycles. The Hall–Kier alpha value is -2.37. The van der Waals surface area contributed by atoms with Gasteiger partial charge in [0.25, 0.3) is 0 Å². The summed E-state index contributed by atoms with van der Waals surface area (Å²) in [4.78, 5) is 36.2. The first kappa shape index (κ1) is 18.0. The van der Waals surface area contributed by atoms with Crippen LogP contribution in [-0.4, -0.2) is 31.0 Å². The number of ketones is 1. The largest absolute Gasteiger partial charge is 0.467 e. The van der Waals surface area contributed by atoms with Crippen LogP contribution in [0, 0.1) is 5.92 Å². The molecule has 1 amide bonds. The molecule has 1 aliphatic carbocycles. The van der Waals surface area contributed by atoms with Crippen LogP contribution < -0.4 is 10.1 Å². The summed E-state index contributed by atoms with van der Waals surface area (Å²) in [5, 5.41) is 2.32. The zero-order valence-electron chi connectivity index (χ0n) is 13.8. The maximum atomic E-state index is 12.4. The minimum absolute atomic E-state index is 0.269. The van der Waals surface area contributed by atoms with Crippen LogP contribution >= 0.6 is 0 Å². The van der Waals surface area contributed by atoms with Crippen molar-refractivity contribution in [3.63, 3.8) is 0 Å². The molecule has 0 spiro atoms. The second-order valence-electron chi connectivity index (χ2n) is 5.98. The Morgan fingerprint density at radius 3 is 2.42 bits per heavy atom. The highest BCUT2D eigenvalue weighted by Gasteiger charge is 2.31. The number of Topliss-reactive ketones (excluding diaryl/α,β-unsaturated/α-hetero) is 1. The summed E-state index contributed by atoms with van der Waals surface area (Å²) in [5.74, 6) is -0.511. The molecule has 1 unspecified atom stereocenters. The number of ether oxygens (including phenoxy) is 2. The highest BCUT2D eigenvalue weighted by molar-refractivity contribution is 6.05. The summed E-state index contributed by atoms with van der Waals surface area (Å²) in [5.41, 5.74) is 0. The summed E-state index contributed by atoms with van der Waals surface area (Å²) in [7, 11) is 1.19. The van der Waals surface area contributed by atoms with Gasteiger partial charge in [0, 0.05) is 6.42 Å². The van der Waals surface area contributed by atoms with E-state index in [1.807, 2.05) is 0 Å². The predicted molar refractivity (Wildman–Crippen MR) is 87.6 cm³/mol. The maximum Gasteiger partial charge on any atom is 0.413 e. The molecule has 0 radical (unpaired) electrons. The van der Waals surface area contributed by atoms with E-state index in [1.165, 1.54) is 13.5 Å². The van der Waals surface area contributed by atoms with Gasteiger partial charge in [-0.05, 0) is 18.1 Å². The van der Waals surface area contributed by atoms with Crippen molar-refractivity contribution >= 4 is 17.8 Å². The van der Waals surface area contributed by atoms with E-state index in [2.05, 4.69) is 10.1 Å². The Kier molecular flexibility index (Phi) is 6.78. The number of hydrogen-bond donors (Lipinski definition) is 1. The molecule has 0 aromatic heterocycles. The molecule has 0 saturated heterocycles. The first-order valence-electron chi connectivity index (χ1n) is 8.24. The van der Waals surface area contributed by atoms with E-state index >= 15 is 0 Å². The van der Waals surface area contributed by atoms with Crippen LogP contribution in [0.2, 0.25) is 0 Å². The van der Waals surface area contributed by atoms with Crippen molar-refractivity contribution in [2.45, 2.75) is 44.6 Å². The van der Waals surface area contributed by atoms with E-state index in [1.54, 1.807) is 30.3 Å². The molecule has 6 heteroatoms. The van der Waals surface area contributed by atoms with Crippen molar-refractivity contribution in [1.29, 1.82) is 0 Å². The molecule has 1 saturated carbocycles. The summed E-state index contributed by atoms with van der Waals surface area (Å²) >= 11 is 0. The molecular weight excluding hydrogens is 310 g/mol. The zero-order chi connectivity index (χ0) is 17.4. The van der Waals surface area contributed by atoms with Gasteiger partial charge in [0.05, 0.1) is 7.11 Å². The normalized spacial score (nSPS) is 16.0. The Balaban J connectivity index is 1.95. The SMILES string of the molecule is COC(=O)C(NC(=O)Oc1ccccc1)C(=O)CC1CCCCC1. The number of carbonyl (C=O) groups excluding carboxylic acids is 3. The highest BCUT2D eigenvalue weighted by atomic mass is 16.6.